The van der Waals surface area contributed by atoms with Crippen LogP contribution in [-0.4, -0.2) is 45.6 Å². The standard InChI is InChI=1S/C28H30FN5OS/c1-4-30-28(35)23-8-7-9-24(29)27(23)36-21-13-14-22-25(32-33-26(22)16-21)15-12-20-11-10-19(17-31-20)18-34(5-2)6-3/h7-17H,4-6,18H2,1-3H3,(H,30,35)(H,32,33)/b15-12+. The van der Waals surface area contributed by atoms with Crippen LogP contribution >= 0.6 is 11.8 Å². The van der Waals surface area contributed by atoms with Crippen LogP contribution in [0.15, 0.2) is 64.5 Å². The fourth-order valence-electron chi connectivity index (χ4n) is 3.87. The molecule has 6 nitrogen and oxygen atoms in total. The number of fused-ring (bicyclic) bond motifs is 1. The number of aromatic nitrogens is 3. The number of carbonyl (C=O) groups is 1. The third kappa shape index (κ3) is 6.01. The molecule has 0 aliphatic rings. The molecule has 0 saturated carbocycles. The van der Waals surface area contributed by atoms with E-state index in [0.29, 0.717) is 17.0 Å². The van der Waals surface area contributed by atoms with Crippen LogP contribution in [0.5, 0.6) is 0 Å². The summed E-state index contributed by atoms with van der Waals surface area (Å²) >= 11 is 1.22. The summed E-state index contributed by atoms with van der Waals surface area (Å²) in [6.07, 6.45) is 5.79. The Morgan fingerprint density at radius 1 is 1.11 bits per heavy atom. The number of H-pyrrole nitrogens is 1. The second-order valence-corrected chi connectivity index (χ2v) is 9.36. The third-order valence-corrected chi connectivity index (χ3v) is 7.00. The maximum Gasteiger partial charge on any atom is 0.252 e. The number of nitrogens with one attached hydrogen (secondary N) is 2. The molecule has 0 radical (unpaired) electrons. The van der Waals surface area contributed by atoms with Gasteiger partial charge in [0, 0.05) is 29.6 Å². The predicted octanol–water partition coefficient (Wildman–Crippen LogP) is 6.01. The lowest BCUT2D eigenvalue weighted by molar-refractivity contribution is 0.0952. The van der Waals surface area contributed by atoms with Gasteiger partial charge >= 0.3 is 0 Å². The van der Waals surface area contributed by atoms with E-state index >= 15 is 0 Å². The number of carbonyl (C=O) groups excluding carboxylic acids is 1. The van der Waals surface area contributed by atoms with Gasteiger partial charge in [-0.1, -0.05) is 37.7 Å². The molecule has 4 aromatic rings. The molecule has 4 rings (SSSR count). The molecule has 0 bridgehead atoms. The van der Waals surface area contributed by atoms with Crippen LogP contribution in [0.2, 0.25) is 0 Å². The molecule has 186 valence electrons. The highest BCUT2D eigenvalue weighted by Gasteiger charge is 2.16. The lowest BCUT2D eigenvalue weighted by Crippen LogP contribution is -2.23. The second-order valence-electron chi connectivity index (χ2n) is 8.28. The van der Waals surface area contributed by atoms with Crippen molar-refractivity contribution in [3.8, 4) is 0 Å². The first-order chi connectivity index (χ1) is 17.5. The van der Waals surface area contributed by atoms with Crippen LogP contribution in [0.4, 0.5) is 4.39 Å². The van der Waals surface area contributed by atoms with Crippen molar-refractivity contribution >= 4 is 40.7 Å². The number of aromatic amines is 1. The quantitative estimate of drug-likeness (QED) is 0.277. The number of halogens is 1. The molecule has 1 amide bonds. The molecule has 0 atom stereocenters. The van der Waals surface area contributed by atoms with Crippen LogP contribution in [0.25, 0.3) is 23.1 Å². The highest BCUT2D eigenvalue weighted by molar-refractivity contribution is 7.99. The van der Waals surface area contributed by atoms with Crippen LogP contribution in [0.3, 0.4) is 0 Å². The van der Waals surface area contributed by atoms with Crippen molar-refractivity contribution < 1.29 is 9.18 Å². The number of benzene rings is 2. The molecule has 0 unspecified atom stereocenters. The van der Waals surface area contributed by atoms with Crippen LogP contribution in [0, 0.1) is 5.82 Å². The van der Waals surface area contributed by atoms with Crippen molar-refractivity contribution in [2.24, 2.45) is 0 Å². The largest absolute Gasteiger partial charge is 0.352 e. The fraction of sp³-hybridized carbons (Fsp3) is 0.250. The van der Waals surface area contributed by atoms with Crippen molar-refractivity contribution in [2.75, 3.05) is 19.6 Å². The molecule has 2 N–H and O–H groups in total. The maximum absolute atomic E-state index is 14.6. The summed E-state index contributed by atoms with van der Waals surface area (Å²) in [4.78, 5) is 20.4. The average Bonchev–Trinajstić information content (AvgIpc) is 3.30. The van der Waals surface area contributed by atoms with E-state index in [1.54, 1.807) is 12.1 Å². The zero-order valence-electron chi connectivity index (χ0n) is 20.7. The van der Waals surface area contributed by atoms with E-state index in [4.69, 9.17) is 0 Å². The van der Waals surface area contributed by atoms with Crippen LogP contribution in [-0.2, 0) is 6.54 Å². The molecular weight excluding hydrogens is 473 g/mol. The van der Waals surface area contributed by atoms with E-state index < -0.39 is 5.82 Å². The van der Waals surface area contributed by atoms with E-state index in [-0.39, 0.29) is 5.91 Å². The van der Waals surface area contributed by atoms with Crippen molar-refractivity contribution in [3.05, 3.63) is 83.1 Å². The Labute approximate surface area is 215 Å². The van der Waals surface area contributed by atoms with Crippen molar-refractivity contribution in [1.29, 1.82) is 0 Å². The normalized spacial score (nSPS) is 11.6. The summed E-state index contributed by atoms with van der Waals surface area (Å²) in [7, 11) is 0. The van der Waals surface area contributed by atoms with E-state index in [1.165, 1.54) is 23.4 Å². The molecule has 0 aliphatic heterocycles. The predicted molar refractivity (Wildman–Crippen MR) is 144 cm³/mol. The topological polar surface area (TPSA) is 73.9 Å². The molecule has 0 fully saturated rings. The van der Waals surface area contributed by atoms with E-state index in [9.17, 15) is 9.18 Å². The summed E-state index contributed by atoms with van der Waals surface area (Å²) in [5.41, 5.74) is 4.00. The number of hydrogen-bond acceptors (Lipinski definition) is 5. The van der Waals surface area contributed by atoms with Gasteiger partial charge in [0.1, 0.15) is 5.82 Å². The van der Waals surface area contributed by atoms with Gasteiger partial charge in [-0.25, -0.2) is 4.39 Å². The number of amides is 1. The van der Waals surface area contributed by atoms with Crippen LogP contribution in [0.1, 0.15) is 48.1 Å². The molecule has 0 spiro atoms. The molecule has 36 heavy (non-hydrogen) atoms. The lowest BCUT2D eigenvalue weighted by Gasteiger charge is -2.17. The Morgan fingerprint density at radius 3 is 2.67 bits per heavy atom. The summed E-state index contributed by atoms with van der Waals surface area (Å²) in [6, 6.07) is 14.5. The van der Waals surface area contributed by atoms with Gasteiger partial charge in [0.15, 0.2) is 0 Å². The molecule has 8 heteroatoms. The molecule has 0 saturated heterocycles. The number of pyridine rings is 1. The Bertz CT molecular complexity index is 1360. The minimum Gasteiger partial charge on any atom is -0.352 e. The van der Waals surface area contributed by atoms with Gasteiger partial charge in [0.2, 0.25) is 0 Å². The van der Waals surface area contributed by atoms with Gasteiger partial charge < -0.3 is 5.32 Å². The first-order valence-electron chi connectivity index (χ1n) is 12.1. The van der Waals surface area contributed by atoms with Gasteiger partial charge in [-0.15, -0.1) is 0 Å². The highest BCUT2D eigenvalue weighted by atomic mass is 32.2. The van der Waals surface area contributed by atoms with Gasteiger partial charge in [-0.05, 0) is 74.1 Å². The zero-order chi connectivity index (χ0) is 25.5. The number of nitrogens with zero attached hydrogens (tertiary/aromatic N) is 3. The van der Waals surface area contributed by atoms with E-state index in [2.05, 4.69) is 45.3 Å². The Morgan fingerprint density at radius 2 is 1.94 bits per heavy atom. The first-order valence-corrected chi connectivity index (χ1v) is 12.9. The zero-order valence-corrected chi connectivity index (χ0v) is 21.5. The third-order valence-electron chi connectivity index (χ3n) is 5.89. The smallest absolute Gasteiger partial charge is 0.252 e. The molecule has 0 aliphatic carbocycles. The van der Waals surface area contributed by atoms with Gasteiger partial charge in [0.25, 0.3) is 5.91 Å². The Hall–Kier alpha value is -3.49. The van der Waals surface area contributed by atoms with E-state index in [0.717, 1.165) is 46.8 Å². The first kappa shape index (κ1) is 25.6. The molecule has 2 aromatic heterocycles. The SMILES string of the molecule is CCNC(=O)c1cccc(F)c1Sc1ccc2c(/C=C/c3ccc(CN(CC)CC)cn3)n[nH]c2c1. The number of hydrogen-bond donors (Lipinski definition) is 2. The minimum absolute atomic E-state index is 0.288. The van der Waals surface area contributed by atoms with Gasteiger partial charge in [0.05, 0.1) is 27.4 Å². The molecule has 2 aromatic carbocycles. The second kappa shape index (κ2) is 12.0. The summed E-state index contributed by atoms with van der Waals surface area (Å²) < 4.78 is 14.6. The fourth-order valence-corrected chi connectivity index (χ4v) is 4.86. The molecule has 2 heterocycles. The lowest BCUT2D eigenvalue weighted by atomic mass is 10.2. The van der Waals surface area contributed by atoms with Crippen molar-refractivity contribution in [3.63, 3.8) is 0 Å². The van der Waals surface area contributed by atoms with Crippen molar-refractivity contribution in [2.45, 2.75) is 37.1 Å². The highest BCUT2D eigenvalue weighted by Crippen LogP contribution is 2.34. The van der Waals surface area contributed by atoms with Gasteiger partial charge in [-0.2, -0.15) is 5.10 Å². The summed E-state index contributed by atoms with van der Waals surface area (Å²) in [6.45, 7) is 9.55. The Balaban J connectivity index is 1.51. The van der Waals surface area contributed by atoms with Crippen molar-refractivity contribution in [1.82, 2.24) is 25.4 Å². The van der Waals surface area contributed by atoms with Gasteiger partial charge in [-0.3, -0.25) is 19.8 Å². The Kier molecular flexibility index (Phi) is 8.51. The maximum atomic E-state index is 14.6. The minimum atomic E-state index is -0.423. The number of rotatable bonds is 10. The summed E-state index contributed by atoms with van der Waals surface area (Å²) in [5.74, 6) is -0.711. The average molecular weight is 504 g/mol. The molecular formula is C28H30FN5OS. The monoisotopic (exact) mass is 503 g/mol. The van der Waals surface area contributed by atoms with Crippen LogP contribution < -0.4 is 5.32 Å². The summed E-state index contributed by atoms with van der Waals surface area (Å²) in [5, 5.41) is 11.2. The van der Waals surface area contributed by atoms with E-state index in [1.807, 2.05) is 49.5 Å².